The zero-order chi connectivity index (χ0) is 11.1. The minimum atomic E-state index is 0.103. The summed E-state index contributed by atoms with van der Waals surface area (Å²) in [4.78, 5) is 14.0. The van der Waals surface area contributed by atoms with Crippen LogP contribution in [0.4, 0.5) is 0 Å². The quantitative estimate of drug-likeness (QED) is 0.526. The molecule has 0 aliphatic carbocycles. The molecule has 1 aliphatic heterocycles. The fourth-order valence-corrected chi connectivity index (χ4v) is 1.86. The van der Waals surface area contributed by atoms with Crippen LogP contribution in [-0.4, -0.2) is 28.7 Å². The molecule has 0 amide bonds. The number of imidazole rings is 1. The van der Waals surface area contributed by atoms with Crippen molar-refractivity contribution in [3.63, 3.8) is 0 Å². The normalized spacial score (nSPS) is 20.2. The van der Waals surface area contributed by atoms with Gasteiger partial charge in [0.25, 0.3) is 0 Å². The highest BCUT2D eigenvalue weighted by molar-refractivity contribution is 6.30. The molecule has 81 valence electrons. The molecule has 0 aromatic carbocycles. The molecule has 0 N–H and O–H groups in total. The Labute approximate surface area is 93.6 Å². The topological polar surface area (TPSA) is 48.7 Å². The van der Waals surface area contributed by atoms with Gasteiger partial charge in [-0.05, 0) is 25.5 Å². The highest BCUT2D eigenvalue weighted by Crippen LogP contribution is 2.20. The highest BCUT2D eigenvalue weighted by Gasteiger charge is 2.24. The number of aromatic nitrogens is 3. The zero-order valence-corrected chi connectivity index (χ0v) is 9.17. The van der Waals surface area contributed by atoms with Crippen molar-refractivity contribution in [2.24, 2.45) is 0 Å². The Kier molecular flexibility index (Phi) is 2.19. The Hall–Kier alpha value is -1.40. The molecule has 2 aromatic heterocycles. The minimum Gasteiger partial charge on any atom is -0.310 e. The third kappa shape index (κ3) is 1.50. The first-order chi connectivity index (χ1) is 7.74. The monoisotopic (exact) mass is 216 g/mol. The number of hydrogen-bond acceptors (Lipinski definition) is 4. The Morgan fingerprint density at radius 3 is 3.12 bits per heavy atom. The van der Waals surface area contributed by atoms with Crippen LogP contribution < -0.4 is 0 Å². The fraction of sp³-hybridized carbons (Fsp3) is 0.400. The molecule has 2 aromatic rings. The van der Waals surface area contributed by atoms with E-state index in [1.807, 2.05) is 30.6 Å². The van der Waals surface area contributed by atoms with Crippen LogP contribution in [0.5, 0.6) is 0 Å². The molecule has 1 unspecified atom stereocenters. The maximum absolute atomic E-state index is 4.85. The van der Waals surface area contributed by atoms with E-state index in [-0.39, 0.29) is 5.82 Å². The van der Waals surface area contributed by atoms with Crippen molar-refractivity contribution in [1.82, 2.24) is 14.6 Å². The Morgan fingerprint density at radius 1 is 1.50 bits per heavy atom. The summed E-state index contributed by atoms with van der Waals surface area (Å²) < 4.78 is 1.81. The van der Waals surface area contributed by atoms with Crippen LogP contribution in [0.1, 0.15) is 22.8 Å². The average Bonchev–Trinajstić information content (AvgIpc) is 2.84. The molecule has 0 spiro atoms. The third-order valence-electron chi connectivity index (χ3n) is 2.66. The lowest BCUT2D eigenvalue weighted by Gasteiger charge is -2.06. The van der Waals surface area contributed by atoms with Crippen molar-refractivity contribution in [2.45, 2.75) is 19.7 Å². The first-order valence-electron chi connectivity index (χ1n) is 5.19. The van der Waals surface area contributed by atoms with E-state index in [1.54, 1.807) is 7.48 Å². The van der Waals surface area contributed by atoms with E-state index >= 15 is 0 Å². The van der Waals surface area contributed by atoms with Gasteiger partial charge in [-0.15, -0.1) is 0 Å². The number of rotatable bonds is 1. The van der Waals surface area contributed by atoms with Crippen molar-refractivity contribution in [1.29, 1.82) is 0 Å². The molecule has 0 bridgehead atoms. The molecule has 1 saturated heterocycles. The number of hydrogen-bond donors (Lipinski definition) is 0. The summed E-state index contributed by atoms with van der Waals surface area (Å²) in [6.07, 6.45) is 1.92. The SMILES string of the molecule is Cc1cn2nc(C3[B]OOC3)cc(C)c2n1. The summed E-state index contributed by atoms with van der Waals surface area (Å²) in [5, 5.41) is 4.50. The van der Waals surface area contributed by atoms with Gasteiger partial charge in [-0.3, -0.25) is 4.89 Å². The second-order valence-electron chi connectivity index (χ2n) is 4.03. The Bertz CT molecular complexity index is 534. The lowest BCUT2D eigenvalue weighted by molar-refractivity contribution is -0.183. The Balaban J connectivity index is 2.12. The van der Waals surface area contributed by atoms with E-state index in [0.29, 0.717) is 6.61 Å². The molecule has 1 atom stereocenters. The van der Waals surface area contributed by atoms with Crippen LogP contribution in [-0.2, 0) is 9.69 Å². The number of nitrogens with zero attached hydrogens (tertiary/aromatic N) is 3. The summed E-state index contributed by atoms with van der Waals surface area (Å²) in [6, 6.07) is 2.03. The van der Waals surface area contributed by atoms with Gasteiger partial charge >= 0.3 is 7.48 Å². The van der Waals surface area contributed by atoms with Crippen LogP contribution in [0, 0.1) is 13.8 Å². The summed E-state index contributed by atoms with van der Waals surface area (Å²) in [5.74, 6) is 0.103. The van der Waals surface area contributed by atoms with Gasteiger partial charge in [-0.25, -0.2) is 9.50 Å². The second-order valence-corrected chi connectivity index (χ2v) is 4.03. The predicted molar refractivity (Wildman–Crippen MR) is 58.0 cm³/mol. The first-order valence-corrected chi connectivity index (χ1v) is 5.19. The molecule has 1 radical (unpaired) electrons. The van der Waals surface area contributed by atoms with E-state index in [1.165, 1.54) is 0 Å². The third-order valence-corrected chi connectivity index (χ3v) is 2.66. The lowest BCUT2D eigenvalue weighted by atomic mass is 9.79. The number of aryl methyl sites for hydroxylation is 2. The van der Waals surface area contributed by atoms with E-state index in [9.17, 15) is 0 Å². The van der Waals surface area contributed by atoms with Gasteiger partial charge in [-0.2, -0.15) is 5.10 Å². The van der Waals surface area contributed by atoms with Gasteiger partial charge in [0.15, 0.2) is 5.65 Å². The summed E-state index contributed by atoms with van der Waals surface area (Å²) >= 11 is 0. The second kappa shape index (κ2) is 3.57. The van der Waals surface area contributed by atoms with E-state index in [0.717, 1.165) is 22.6 Å². The summed E-state index contributed by atoms with van der Waals surface area (Å²) in [5.41, 5.74) is 3.93. The van der Waals surface area contributed by atoms with Crippen molar-refractivity contribution in [3.05, 3.63) is 29.2 Å². The summed E-state index contributed by atoms with van der Waals surface area (Å²) in [7, 11) is 1.66. The van der Waals surface area contributed by atoms with E-state index in [2.05, 4.69) is 10.1 Å². The van der Waals surface area contributed by atoms with E-state index in [4.69, 9.17) is 9.69 Å². The molecule has 5 nitrogen and oxygen atoms in total. The van der Waals surface area contributed by atoms with Gasteiger partial charge in [0.1, 0.15) is 0 Å². The highest BCUT2D eigenvalue weighted by atomic mass is 17.2. The predicted octanol–water partition coefficient (Wildman–Crippen LogP) is 0.968. The molecule has 1 fully saturated rings. The smallest absolute Gasteiger partial charge is 0.310 e. The van der Waals surface area contributed by atoms with Gasteiger partial charge in [-0.1, -0.05) is 0 Å². The van der Waals surface area contributed by atoms with Crippen LogP contribution in [0.2, 0.25) is 0 Å². The van der Waals surface area contributed by atoms with Gasteiger partial charge in [0.2, 0.25) is 0 Å². The molecule has 3 rings (SSSR count). The average molecular weight is 216 g/mol. The first kappa shape index (κ1) is 9.80. The zero-order valence-electron chi connectivity index (χ0n) is 9.17. The fourth-order valence-electron chi connectivity index (χ4n) is 1.86. The van der Waals surface area contributed by atoms with Crippen molar-refractivity contribution in [2.75, 3.05) is 6.61 Å². The van der Waals surface area contributed by atoms with Gasteiger partial charge < -0.3 is 4.81 Å². The summed E-state index contributed by atoms with van der Waals surface area (Å²) in [6.45, 7) is 4.51. The number of fused-ring (bicyclic) bond motifs is 1. The minimum absolute atomic E-state index is 0.103. The van der Waals surface area contributed by atoms with E-state index < -0.39 is 0 Å². The van der Waals surface area contributed by atoms with Crippen LogP contribution in [0.15, 0.2) is 12.3 Å². The largest absolute Gasteiger partial charge is 0.356 e. The standard InChI is InChI=1S/C10H11BN3O2/c1-6-3-9(8-5-15-16-11-8)13-14-4-7(2)12-10(6)14/h3-4,8H,5H2,1-2H3. The van der Waals surface area contributed by atoms with Crippen molar-refractivity contribution in [3.8, 4) is 0 Å². The maximum Gasteiger partial charge on any atom is 0.356 e. The molecule has 3 heterocycles. The van der Waals surface area contributed by atoms with Gasteiger partial charge in [0.05, 0.1) is 24.2 Å². The van der Waals surface area contributed by atoms with Crippen molar-refractivity contribution >= 4 is 13.1 Å². The molecule has 16 heavy (non-hydrogen) atoms. The van der Waals surface area contributed by atoms with Gasteiger partial charge in [0, 0.05) is 5.82 Å². The maximum atomic E-state index is 4.85. The van der Waals surface area contributed by atoms with Crippen LogP contribution in [0.3, 0.4) is 0 Å². The van der Waals surface area contributed by atoms with Crippen LogP contribution >= 0.6 is 0 Å². The molecule has 0 saturated carbocycles. The molecular formula is C10H11BN3O2. The molecular weight excluding hydrogens is 205 g/mol. The molecule has 1 aliphatic rings. The van der Waals surface area contributed by atoms with Crippen LogP contribution in [0.25, 0.3) is 5.65 Å². The van der Waals surface area contributed by atoms with Crippen molar-refractivity contribution < 1.29 is 9.69 Å². The lowest BCUT2D eigenvalue weighted by Crippen LogP contribution is -2.10. The Morgan fingerprint density at radius 2 is 2.38 bits per heavy atom. The molecule has 6 heteroatoms.